The van der Waals surface area contributed by atoms with Crippen LogP contribution in [0.5, 0.6) is 0 Å². The van der Waals surface area contributed by atoms with E-state index in [0.717, 1.165) is 0 Å². The Hall–Kier alpha value is -1.78. The summed E-state index contributed by atoms with van der Waals surface area (Å²) in [5.74, 6) is -1.24. The van der Waals surface area contributed by atoms with Crippen molar-refractivity contribution in [2.24, 2.45) is 7.05 Å². The Morgan fingerprint density at radius 3 is 2.36 bits per heavy atom. The van der Waals surface area contributed by atoms with Gasteiger partial charge in [-0.3, -0.25) is 4.79 Å². The Morgan fingerprint density at radius 2 is 2.00 bits per heavy atom. The van der Waals surface area contributed by atoms with Crippen molar-refractivity contribution in [1.29, 1.82) is 0 Å². The molecule has 1 N–H and O–H groups in total. The summed E-state index contributed by atoms with van der Waals surface area (Å²) in [5.41, 5.74) is 0.491. The summed E-state index contributed by atoms with van der Waals surface area (Å²) in [7, 11) is 4.88. The number of amides is 1. The molecule has 0 spiro atoms. The van der Waals surface area contributed by atoms with Gasteiger partial charge in [0.25, 0.3) is 5.91 Å². The van der Waals surface area contributed by atoms with Crippen molar-refractivity contribution in [3.05, 3.63) is 23.5 Å². The first-order valence-corrected chi connectivity index (χ1v) is 4.04. The number of carbonyl (C=O) groups is 2. The Labute approximate surface area is 81.6 Å². The summed E-state index contributed by atoms with van der Waals surface area (Å²) in [4.78, 5) is 23.5. The van der Waals surface area contributed by atoms with E-state index in [2.05, 4.69) is 0 Å². The molecule has 0 aromatic carbocycles. The standard InChI is InChI=1S/C9H12N2O3/c1-10(2)8(12)7-4-6(9(13)14)5-11(7)3/h4-5H,1-3H3,(H,13,14). The molecule has 0 fully saturated rings. The third kappa shape index (κ3) is 1.76. The van der Waals surface area contributed by atoms with Crippen molar-refractivity contribution >= 4 is 11.9 Å². The SMILES string of the molecule is CN(C)C(=O)c1cc(C(=O)O)cn1C. The van der Waals surface area contributed by atoms with Crippen LogP contribution in [0, 0.1) is 0 Å². The van der Waals surface area contributed by atoms with Crippen molar-refractivity contribution in [2.45, 2.75) is 0 Å². The first kappa shape index (κ1) is 10.3. The van der Waals surface area contributed by atoms with Gasteiger partial charge in [0.2, 0.25) is 0 Å². The highest BCUT2D eigenvalue weighted by Gasteiger charge is 2.15. The molecule has 0 unspecified atom stereocenters. The maximum atomic E-state index is 11.5. The largest absolute Gasteiger partial charge is 0.478 e. The number of carboxylic acid groups (broad SMARTS) is 1. The van der Waals surface area contributed by atoms with Crippen LogP contribution in [-0.2, 0) is 7.05 Å². The number of carboxylic acids is 1. The van der Waals surface area contributed by atoms with Crippen LogP contribution in [0.1, 0.15) is 20.8 Å². The molecule has 1 amide bonds. The van der Waals surface area contributed by atoms with Gasteiger partial charge in [0.05, 0.1) is 5.56 Å². The highest BCUT2D eigenvalue weighted by molar-refractivity contribution is 5.96. The lowest BCUT2D eigenvalue weighted by molar-refractivity contribution is 0.0696. The lowest BCUT2D eigenvalue weighted by Crippen LogP contribution is -2.23. The molecule has 1 aromatic heterocycles. The van der Waals surface area contributed by atoms with Crippen LogP contribution in [0.2, 0.25) is 0 Å². The van der Waals surface area contributed by atoms with Crippen molar-refractivity contribution in [2.75, 3.05) is 14.1 Å². The fraction of sp³-hybridized carbons (Fsp3) is 0.333. The highest BCUT2D eigenvalue weighted by Crippen LogP contribution is 2.08. The predicted molar refractivity (Wildman–Crippen MR) is 50.4 cm³/mol. The molecule has 0 atom stereocenters. The number of hydrogen-bond donors (Lipinski definition) is 1. The Balaban J connectivity index is 3.11. The summed E-state index contributed by atoms with van der Waals surface area (Å²) in [6.45, 7) is 0. The zero-order chi connectivity index (χ0) is 10.9. The molecule has 0 aliphatic rings. The zero-order valence-electron chi connectivity index (χ0n) is 8.31. The summed E-state index contributed by atoms with van der Waals surface area (Å²) < 4.78 is 1.51. The molecule has 0 aliphatic carbocycles. The van der Waals surface area contributed by atoms with E-state index in [0.29, 0.717) is 5.69 Å². The van der Waals surface area contributed by atoms with E-state index in [1.165, 1.54) is 21.7 Å². The summed E-state index contributed by atoms with van der Waals surface area (Å²) in [5, 5.41) is 8.70. The van der Waals surface area contributed by atoms with Crippen molar-refractivity contribution in [3.8, 4) is 0 Å². The summed E-state index contributed by atoms with van der Waals surface area (Å²) in [6.07, 6.45) is 1.42. The average molecular weight is 196 g/mol. The number of rotatable bonds is 2. The molecule has 0 bridgehead atoms. The molecule has 14 heavy (non-hydrogen) atoms. The average Bonchev–Trinajstić information content (AvgIpc) is 2.46. The van der Waals surface area contributed by atoms with Gasteiger partial charge in [-0.05, 0) is 6.07 Å². The number of nitrogens with zero attached hydrogens (tertiary/aromatic N) is 2. The minimum atomic E-state index is -1.03. The van der Waals surface area contributed by atoms with Crippen LogP contribution >= 0.6 is 0 Å². The molecule has 1 aromatic rings. The van der Waals surface area contributed by atoms with Crippen LogP contribution < -0.4 is 0 Å². The van der Waals surface area contributed by atoms with Gasteiger partial charge in [-0.15, -0.1) is 0 Å². The fourth-order valence-electron chi connectivity index (χ4n) is 1.12. The molecule has 1 rings (SSSR count). The van der Waals surface area contributed by atoms with E-state index in [-0.39, 0.29) is 11.5 Å². The monoisotopic (exact) mass is 196 g/mol. The molecular formula is C9H12N2O3. The molecule has 5 nitrogen and oxygen atoms in total. The Morgan fingerprint density at radius 1 is 1.43 bits per heavy atom. The molecule has 1 heterocycles. The van der Waals surface area contributed by atoms with Gasteiger partial charge in [-0.1, -0.05) is 0 Å². The number of aromatic carboxylic acids is 1. The third-order valence-electron chi connectivity index (χ3n) is 1.88. The minimum Gasteiger partial charge on any atom is -0.478 e. The molecule has 0 aliphatic heterocycles. The lowest BCUT2D eigenvalue weighted by atomic mass is 10.3. The maximum Gasteiger partial charge on any atom is 0.337 e. The second kappa shape index (κ2) is 3.53. The molecule has 5 heteroatoms. The smallest absolute Gasteiger partial charge is 0.337 e. The molecule has 0 saturated carbocycles. The second-order valence-electron chi connectivity index (χ2n) is 3.23. The van der Waals surface area contributed by atoms with E-state index in [4.69, 9.17) is 5.11 Å². The quantitative estimate of drug-likeness (QED) is 0.745. The van der Waals surface area contributed by atoms with E-state index < -0.39 is 5.97 Å². The topological polar surface area (TPSA) is 62.5 Å². The van der Waals surface area contributed by atoms with Gasteiger partial charge < -0.3 is 14.6 Å². The number of aryl methyl sites for hydroxylation is 1. The normalized spacial score (nSPS) is 9.93. The van der Waals surface area contributed by atoms with Gasteiger partial charge in [0, 0.05) is 27.3 Å². The second-order valence-corrected chi connectivity index (χ2v) is 3.23. The summed E-state index contributed by atoms with van der Waals surface area (Å²) >= 11 is 0. The van der Waals surface area contributed by atoms with Gasteiger partial charge in [-0.2, -0.15) is 0 Å². The van der Waals surface area contributed by atoms with Gasteiger partial charge in [0.15, 0.2) is 0 Å². The van der Waals surface area contributed by atoms with Crippen molar-refractivity contribution in [3.63, 3.8) is 0 Å². The van der Waals surface area contributed by atoms with Crippen molar-refractivity contribution < 1.29 is 14.7 Å². The number of aromatic nitrogens is 1. The Kier molecular flexibility index (Phi) is 2.60. The highest BCUT2D eigenvalue weighted by atomic mass is 16.4. The minimum absolute atomic E-state index is 0.123. The van der Waals surface area contributed by atoms with Gasteiger partial charge in [-0.25, -0.2) is 4.79 Å². The van der Waals surface area contributed by atoms with Gasteiger partial charge in [0.1, 0.15) is 5.69 Å². The van der Waals surface area contributed by atoms with E-state index >= 15 is 0 Å². The van der Waals surface area contributed by atoms with Crippen molar-refractivity contribution in [1.82, 2.24) is 9.47 Å². The third-order valence-corrected chi connectivity index (χ3v) is 1.88. The summed E-state index contributed by atoms with van der Waals surface area (Å²) in [6, 6.07) is 1.37. The molecular weight excluding hydrogens is 184 g/mol. The zero-order valence-corrected chi connectivity index (χ0v) is 8.31. The number of hydrogen-bond acceptors (Lipinski definition) is 2. The van der Waals surface area contributed by atoms with E-state index in [9.17, 15) is 9.59 Å². The van der Waals surface area contributed by atoms with Crippen LogP contribution in [0.4, 0.5) is 0 Å². The first-order chi connectivity index (χ1) is 6.43. The maximum absolute atomic E-state index is 11.5. The predicted octanol–water partition coefficient (Wildman–Crippen LogP) is 0.425. The van der Waals surface area contributed by atoms with E-state index in [1.54, 1.807) is 21.1 Å². The fourth-order valence-corrected chi connectivity index (χ4v) is 1.12. The Bertz CT molecular complexity index is 379. The molecule has 76 valence electrons. The van der Waals surface area contributed by atoms with E-state index in [1.807, 2.05) is 0 Å². The molecule has 0 radical (unpaired) electrons. The van der Waals surface area contributed by atoms with Crippen LogP contribution in [0.25, 0.3) is 0 Å². The van der Waals surface area contributed by atoms with Crippen LogP contribution in [0.15, 0.2) is 12.3 Å². The van der Waals surface area contributed by atoms with Crippen LogP contribution in [-0.4, -0.2) is 40.5 Å². The number of carbonyl (C=O) groups excluding carboxylic acids is 1. The van der Waals surface area contributed by atoms with Gasteiger partial charge >= 0.3 is 5.97 Å². The lowest BCUT2D eigenvalue weighted by Gasteiger charge is -2.09. The molecule has 0 saturated heterocycles. The first-order valence-electron chi connectivity index (χ1n) is 4.04. The van der Waals surface area contributed by atoms with Crippen LogP contribution in [0.3, 0.4) is 0 Å².